The molecule has 55 heavy (non-hydrogen) atoms. The number of rotatable bonds is 5. The van der Waals surface area contributed by atoms with Crippen LogP contribution in [0.3, 0.4) is 0 Å². The summed E-state index contributed by atoms with van der Waals surface area (Å²) >= 11 is 0. The Morgan fingerprint density at radius 2 is 0.909 bits per heavy atom. The van der Waals surface area contributed by atoms with E-state index < -0.39 is 0 Å². The molecule has 1 aromatic heterocycles. The molecule has 2 heteroatoms. The van der Waals surface area contributed by atoms with Gasteiger partial charge in [0.2, 0.25) is 0 Å². The van der Waals surface area contributed by atoms with E-state index in [9.17, 15) is 0 Å². The third-order valence-electron chi connectivity index (χ3n) is 12.6. The molecule has 0 amide bonds. The Kier molecular flexibility index (Phi) is 6.76. The monoisotopic (exact) mass is 705 g/mol. The van der Waals surface area contributed by atoms with Gasteiger partial charge in [-0.3, -0.25) is 0 Å². The molecule has 262 valence electrons. The Labute approximate surface area is 322 Å². The average molecular weight is 706 g/mol. The molecule has 0 saturated heterocycles. The average Bonchev–Trinajstić information content (AvgIpc) is 3.81. The Bertz CT molecular complexity index is 2940. The van der Waals surface area contributed by atoms with Gasteiger partial charge in [-0.15, -0.1) is 0 Å². The largest absolute Gasteiger partial charge is 0.456 e. The number of anilines is 3. The van der Waals surface area contributed by atoms with Gasteiger partial charge in [0.15, 0.2) is 0 Å². The van der Waals surface area contributed by atoms with Crippen molar-refractivity contribution < 1.29 is 4.42 Å². The third-order valence-corrected chi connectivity index (χ3v) is 12.6. The molecule has 0 atom stereocenters. The summed E-state index contributed by atoms with van der Waals surface area (Å²) in [5.41, 5.74) is 18.9. The summed E-state index contributed by atoms with van der Waals surface area (Å²) in [4.78, 5) is 2.39. The van der Waals surface area contributed by atoms with Crippen LogP contribution in [0.2, 0.25) is 0 Å². The molecular weight excluding hydrogens is 667 g/mol. The van der Waals surface area contributed by atoms with Gasteiger partial charge in [0.1, 0.15) is 11.2 Å². The molecule has 0 N–H and O–H groups in total. The van der Waals surface area contributed by atoms with Crippen LogP contribution in [0.4, 0.5) is 17.1 Å². The number of benzene rings is 8. The first-order chi connectivity index (χ1) is 26.9. The highest BCUT2D eigenvalue weighted by molar-refractivity contribution is 6.06. The summed E-state index contributed by atoms with van der Waals surface area (Å²) in [6, 6.07) is 66.6. The van der Waals surface area contributed by atoms with Crippen LogP contribution in [0.1, 0.15) is 48.6 Å². The quantitative estimate of drug-likeness (QED) is 0.177. The van der Waals surface area contributed by atoms with Crippen LogP contribution >= 0.6 is 0 Å². The fraction of sp³-hybridized carbons (Fsp3) is 0.0943. The lowest BCUT2D eigenvalue weighted by atomic mass is 9.74. The van der Waals surface area contributed by atoms with Crippen molar-refractivity contribution in [1.82, 2.24) is 0 Å². The molecule has 2 aliphatic rings. The minimum atomic E-state index is -0.285. The number of hydrogen-bond acceptors (Lipinski definition) is 2. The lowest BCUT2D eigenvalue weighted by Gasteiger charge is -2.28. The number of nitrogens with zero attached hydrogens (tertiary/aromatic N) is 1. The summed E-state index contributed by atoms with van der Waals surface area (Å²) in [5.74, 6) is 0. The zero-order valence-corrected chi connectivity index (χ0v) is 31.2. The molecule has 11 rings (SSSR count). The second-order valence-electron chi connectivity index (χ2n) is 15.9. The van der Waals surface area contributed by atoms with E-state index in [0.717, 1.165) is 39.0 Å². The van der Waals surface area contributed by atoms with Crippen LogP contribution in [0, 0.1) is 0 Å². The predicted octanol–water partition coefficient (Wildman–Crippen LogP) is 14.4. The predicted molar refractivity (Wildman–Crippen MR) is 229 cm³/mol. The molecule has 0 unspecified atom stereocenters. The van der Waals surface area contributed by atoms with E-state index in [1.165, 1.54) is 61.2 Å². The van der Waals surface area contributed by atoms with Gasteiger partial charge in [-0.05, 0) is 111 Å². The lowest BCUT2D eigenvalue weighted by molar-refractivity contribution is 0.660. The van der Waals surface area contributed by atoms with Gasteiger partial charge in [-0.25, -0.2) is 0 Å². The topological polar surface area (TPSA) is 16.4 Å². The van der Waals surface area contributed by atoms with Gasteiger partial charge in [0, 0.05) is 44.7 Å². The van der Waals surface area contributed by atoms with E-state index in [4.69, 9.17) is 4.42 Å². The number of fused-ring (bicyclic) bond motifs is 9. The van der Waals surface area contributed by atoms with E-state index in [0.29, 0.717) is 0 Å². The van der Waals surface area contributed by atoms with Gasteiger partial charge < -0.3 is 9.32 Å². The van der Waals surface area contributed by atoms with Gasteiger partial charge in [0.25, 0.3) is 0 Å². The molecule has 0 spiro atoms. The fourth-order valence-corrected chi connectivity index (χ4v) is 9.71. The van der Waals surface area contributed by atoms with Gasteiger partial charge >= 0.3 is 0 Å². The zero-order chi connectivity index (χ0) is 36.9. The highest BCUT2D eigenvalue weighted by Gasteiger charge is 2.41. The highest BCUT2D eigenvalue weighted by atomic mass is 16.3. The third kappa shape index (κ3) is 4.61. The first kappa shape index (κ1) is 31.8. The molecule has 0 radical (unpaired) electrons. The molecule has 0 bridgehead atoms. The van der Waals surface area contributed by atoms with Crippen LogP contribution in [0.5, 0.6) is 0 Å². The van der Waals surface area contributed by atoms with Gasteiger partial charge in [-0.1, -0.05) is 147 Å². The summed E-state index contributed by atoms with van der Waals surface area (Å²) in [7, 11) is 0. The first-order valence-corrected chi connectivity index (χ1v) is 19.3. The maximum atomic E-state index is 6.85. The lowest BCUT2D eigenvalue weighted by Crippen LogP contribution is -2.22. The van der Waals surface area contributed by atoms with Crippen molar-refractivity contribution in [3.8, 4) is 33.4 Å². The molecule has 2 nitrogen and oxygen atoms in total. The van der Waals surface area contributed by atoms with E-state index in [1.54, 1.807) is 0 Å². The smallest absolute Gasteiger partial charge is 0.137 e. The molecule has 0 aliphatic heterocycles. The minimum absolute atomic E-state index is 0.114. The Morgan fingerprint density at radius 3 is 1.64 bits per heavy atom. The van der Waals surface area contributed by atoms with Crippen molar-refractivity contribution in [3.05, 3.63) is 210 Å². The number of hydrogen-bond donors (Lipinski definition) is 0. The summed E-state index contributed by atoms with van der Waals surface area (Å²) in [5, 5.41) is 2.24. The van der Waals surface area contributed by atoms with Gasteiger partial charge in [-0.2, -0.15) is 0 Å². The second-order valence-corrected chi connectivity index (χ2v) is 15.9. The van der Waals surface area contributed by atoms with Crippen molar-refractivity contribution in [1.29, 1.82) is 0 Å². The first-order valence-electron chi connectivity index (χ1n) is 19.3. The summed E-state index contributed by atoms with van der Waals surface area (Å²) in [6.07, 6.45) is 0. The van der Waals surface area contributed by atoms with Crippen molar-refractivity contribution >= 4 is 39.0 Å². The Hall–Kier alpha value is -6.64. The van der Waals surface area contributed by atoms with E-state index in [2.05, 4.69) is 208 Å². The van der Waals surface area contributed by atoms with Crippen LogP contribution in [0.25, 0.3) is 55.3 Å². The second kappa shape index (κ2) is 11.7. The summed E-state index contributed by atoms with van der Waals surface area (Å²) < 4.78 is 6.85. The molecule has 2 aliphatic carbocycles. The van der Waals surface area contributed by atoms with E-state index in [1.807, 2.05) is 0 Å². The zero-order valence-electron chi connectivity index (χ0n) is 31.2. The van der Waals surface area contributed by atoms with E-state index >= 15 is 0 Å². The molecule has 1 heterocycles. The van der Waals surface area contributed by atoms with Crippen LogP contribution in [-0.4, -0.2) is 0 Å². The summed E-state index contributed by atoms with van der Waals surface area (Å²) in [6.45, 7) is 7.05. The van der Waals surface area contributed by atoms with Gasteiger partial charge in [0.05, 0.1) is 0 Å². The Balaban J connectivity index is 1.07. The fourth-order valence-electron chi connectivity index (χ4n) is 9.71. The van der Waals surface area contributed by atoms with Crippen molar-refractivity contribution in [2.24, 2.45) is 0 Å². The minimum Gasteiger partial charge on any atom is -0.456 e. The molecular formula is C53H39NO. The molecule has 9 aromatic rings. The van der Waals surface area contributed by atoms with Crippen LogP contribution < -0.4 is 4.90 Å². The highest BCUT2D eigenvalue weighted by Crippen LogP contribution is 2.54. The standard InChI is InChI=1S/C53H39NO/c1-52(2)46-21-10-7-18-40(46)43-28-25-38(32-49(43)52)54(37-17-13-16-35(30-37)34-14-5-4-6-15-34)39-26-29-45-44-27-24-36(31-50(44)55-51(45)33-39)53(3)47-22-11-8-19-41(47)42-20-9-12-23-48(42)53/h4-33H,1-3H3. The molecule has 0 saturated carbocycles. The van der Waals surface area contributed by atoms with Crippen molar-refractivity contribution in [2.45, 2.75) is 31.6 Å². The van der Waals surface area contributed by atoms with Crippen molar-refractivity contribution in [3.63, 3.8) is 0 Å². The maximum absolute atomic E-state index is 6.85. The van der Waals surface area contributed by atoms with E-state index in [-0.39, 0.29) is 10.8 Å². The molecule has 0 fully saturated rings. The maximum Gasteiger partial charge on any atom is 0.137 e. The Morgan fingerprint density at radius 1 is 0.382 bits per heavy atom. The number of furan rings is 1. The van der Waals surface area contributed by atoms with Crippen molar-refractivity contribution in [2.75, 3.05) is 4.90 Å². The normalized spacial score (nSPS) is 14.4. The molecule has 8 aromatic carbocycles. The van der Waals surface area contributed by atoms with Crippen LogP contribution in [0.15, 0.2) is 186 Å². The SMILES string of the molecule is CC1(C)c2ccccc2-c2ccc(N(c3cccc(-c4ccccc4)c3)c3ccc4c(c3)oc3cc(C5(C)c6ccccc6-c6ccccc65)ccc34)cc21. The van der Waals surface area contributed by atoms with Crippen LogP contribution in [-0.2, 0) is 10.8 Å².